The molecule has 0 aliphatic heterocycles. The predicted molar refractivity (Wildman–Crippen MR) is 95.0 cm³/mol. The second-order valence-corrected chi connectivity index (χ2v) is 6.44. The van der Waals surface area contributed by atoms with Crippen LogP contribution in [-0.4, -0.2) is 17.2 Å². The summed E-state index contributed by atoms with van der Waals surface area (Å²) in [6.07, 6.45) is 1.34. The smallest absolute Gasteiger partial charge is 0.271 e. The van der Waals surface area contributed by atoms with Crippen molar-refractivity contribution < 1.29 is 14.3 Å². The first-order chi connectivity index (χ1) is 9.97. The molecule has 0 bridgehead atoms. The van der Waals surface area contributed by atoms with Gasteiger partial charge in [0.15, 0.2) is 0 Å². The maximum atomic E-state index is 13.0. The molecule has 0 aromatic heterocycles. The van der Waals surface area contributed by atoms with Gasteiger partial charge in [0.1, 0.15) is 11.6 Å². The standard InChI is InChI=1S/C14H9FI2N2O2/c15-10-3-1-2-8(4-10)14(21)19-18-7-9-5-11(16)6-12(17)13(9)20/h1-7,20H,(H,19,21)/b18-7-. The van der Waals surface area contributed by atoms with Crippen LogP contribution in [0.25, 0.3) is 0 Å². The lowest BCUT2D eigenvalue weighted by atomic mass is 10.2. The maximum Gasteiger partial charge on any atom is 0.271 e. The number of benzene rings is 2. The number of nitrogens with one attached hydrogen (secondary N) is 1. The summed E-state index contributed by atoms with van der Waals surface area (Å²) in [7, 11) is 0. The van der Waals surface area contributed by atoms with Gasteiger partial charge in [-0.15, -0.1) is 0 Å². The van der Waals surface area contributed by atoms with Gasteiger partial charge < -0.3 is 5.11 Å². The number of nitrogens with zero attached hydrogens (tertiary/aromatic N) is 1. The number of aromatic hydroxyl groups is 1. The van der Waals surface area contributed by atoms with Gasteiger partial charge in [-0.25, -0.2) is 9.82 Å². The fourth-order valence-corrected chi connectivity index (χ4v) is 3.43. The molecule has 2 aromatic rings. The predicted octanol–water partition coefficient (Wildman–Crippen LogP) is 3.50. The molecule has 21 heavy (non-hydrogen) atoms. The lowest BCUT2D eigenvalue weighted by molar-refractivity contribution is 0.0954. The van der Waals surface area contributed by atoms with Crippen molar-refractivity contribution in [1.29, 1.82) is 0 Å². The number of hydrogen-bond donors (Lipinski definition) is 2. The summed E-state index contributed by atoms with van der Waals surface area (Å²) in [5.74, 6) is -0.915. The molecule has 0 unspecified atom stereocenters. The number of carbonyl (C=O) groups is 1. The fraction of sp³-hybridized carbons (Fsp3) is 0. The van der Waals surface area contributed by atoms with Crippen molar-refractivity contribution in [1.82, 2.24) is 5.43 Å². The first kappa shape index (κ1) is 16.1. The summed E-state index contributed by atoms with van der Waals surface area (Å²) in [5, 5.41) is 13.7. The van der Waals surface area contributed by atoms with Crippen LogP contribution in [0.3, 0.4) is 0 Å². The minimum Gasteiger partial charge on any atom is -0.506 e. The monoisotopic (exact) mass is 510 g/mol. The van der Waals surface area contributed by atoms with Crippen LogP contribution in [0.5, 0.6) is 5.75 Å². The molecule has 7 heteroatoms. The number of halogens is 3. The molecule has 4 nitrogen and oxygen atoms in total. The van der Waals surface area contributed by atoms with Gasteiger partial charge in [-0.3, -0.25) is 4.79 Å². The summed E-state index contributed by atoms with van der Waals surface area (Å²) in [6.45, 7) is 0. The highest BCUT2D eigenvalue weighted by Crippen LogP contribution is 2.25. The summed E-state index contributed by atoms with van der Waals surface area (Å²) >= 11 is 4.13. The minimum absolute atomic E-state index is 0.0970. The molecular weight excluding hydrogens is 501 g/mol. The van der Waals surface area contributed by atoms with Crippen LogP contribution in [0.15, 0.2) is 41.5 Å². The first-order valence-corrected chi connectivity index (χ1v) is 7.90. The van der Waals surface area contributed by atoms with Gasteiger partial charge in [-0.1, -0.05) is 6.07 Å². The van der Waals surface area contributed by atoms with Crippen molar-refractivity contribution in [3.8, 4) is 5.75 Å². The number of rotatable bonds is 3. The molecule has 0 aliphatic carbocycles. The normalized spacial score (nSPS) is 10.8. The van der Waals surface area contributed by atoms with Gasteiger partial charge in [0, 0.05) is 14.7 Å². The number of phenols is 1. The van der Waals surface area contributed by atoms with Crippen LogP contribution in [0.1, 0.15) is 15.9 Å². The Morgan fingerprint density at radius 1 is 1.29 bits per heavy atom. The highest BCUT2D eigenvalue weighted by Gasteiger charge is 2.07. The zero-order chi connectivity index (χ0) is 15.4. The molecule has 0 fully saturated rings. The summed E-state index contributed by atoms with van der Waals surface area (Å²) in [6, 6.07) is 8.86. The van der Waals surface area contributed by atoms with E-state index in [0.29, 0.717) is 9.13 Å². The number of hydrogen-bond acceptors (Lipinski definition) is 3. The topological polar surface area (TPSA) is 61.7 Å². The minimum atomic E-state index is -0.523. The molecule has 1 amide bonds. The average molecular weight is 510 g/mol. The first-order valence-electron chi connectivity index (χ1n) is 5.74. The largest absolute Gasteiger partial charge is 0.506 e. The molecule has 108 valence electrons. The Labute approximate surface area is 147 Å². The lowest BCUT2D eigenvalue weighted by Gasteiger charge is -2.03. The number of hydrazone groups is 1. The molecule has 2 rings (SSSR count). The van der Waals surface area contributed by atoms with Crippen LogP contribution < -0.4 is 5.43 Å². The van der Waals surface area contributed by atoms with Crippen LogP contribution in [-0.2, 0) is 0 Å². The third kappa shape index (κ3) is 4.37. The Kier molecular flexibility index (Phi) is 5.51. The van der Waals surface area contributed by atoms with Crippen molar-refractivity contribution in [3.05, 3.63) is 60.5 Å². The highest BCUT2D eigenvalue weighted by molar-refractivity contribution is 14.1. The van der Waals surface area contributed by atoms with E-state index in [1.54, 1.807) is 6.07 Å². The third-order valence-electron chi connectivity index (χ3n) is 2.51. The molecule has 2 aromatic carbocycles. The van der Waals surface area contributed by atoms with Gasteiger partial charge in [-0.2, -0.15) is 5.10 Å². The van der Waals surface area contributed by atoms with E-state index in [-0.39, 0.29) is 11.3 Å². The van der Waals surface area contributed by atoms with Crippen molar-refractivity contribution in [2.24, 2.45) is 5.10 Å². The molecule has 0 heterocycles. The average Bonchev–Trinajstić information content (AvgIpc) is 2.43. The molecule has 0 aliphatic rings. The molecular formula is C14H9FI2N2O2. The van der Waals surface area contributed by atoms with Crippen LogP contribution >= 0.6 is 45.2 Å². The van der Waals surface area contributed by atoms with E-state index in [9.17, 15) is 14.3 Å². The Morgan fingerprint density at radius 3 is 2.76 bits per heavy atom. The van der Waals surface area contributed by atoms with E-state index in [1.807, 2.05) is 28.7 Å². The van der Waals surface area contributed by atoms with Gasteiger partial charge in [0.05, 0.1) is 9.78 Å². The molecule has 0 atom stereocenters. The SMILES string of the molecule is O=C(N/N=C\c1cc(I)cc(I)c1O)c1cccc(F)c1. The van der Waals surface area contributed by atoms with Crippen LogP contribution in [0, 0.1) is 13.0 Å². The fourth-order valence-electron chi connectivity index (χ4n) is 1.54. The Morgan fingerprint density at radius 2 is 2.05 bits per heavy atom. The number of amides is 1. The van der Waals surface area contributed by atoms with E-state index in [0.717, 1.165) is 9.64 Å². The molecule has 0 radical (unpaired) electrons. The summed E-state index contributed by atoms with van der Waals surface area (Å²) in [5.41, 5.74) is 2.95. The van der Waals surface area contributed by atoms with Crippen molar-refractivity contribution in [2.75, 3.05) is 0 Å². The maximum absolute atomic E-state index is 13.0. The van der Waals surface area contributed by atoms with Crippen molar-refractivity contribution >= 4 is 57.3 Å². The van der Waals surface area contributed by atoms with Gasteiger partial charge >= 0.3 is 0 Å². The van der Waals surface area contributed by atoms with Crippen LogP contribution in [0.4, 0.5) is 4.39 Å². The van der Waals surface area contributed by atoms with E-state index in [4.69, 9.17) is 0 Å². The molecule has 2 N–H and O–H groups in total. The molecule has 0 saturated heterocycles. The highest BCUT2D eigenvalue weighted by atomic mass is 127. The zero-order valence-electron chi connectivity index (χ0n) is 10.5. The van der Waals surface area contributed by atoms with Crippen molar-refractivity contribution in [2.45, 2.75) is 0 Å². The quantitative estimate of drug-likeness (QED) is 0.378. The molecule has 0 spiro atoms. The number of phenolic OH excluding ortho intramolecular Hbond substituents is 1. The Balaban J connectivity index is 2.11. The second kappa shape index (κ2) is 7.16. The lowest BCUT2D eigenvalue weighted by Crippen LogP contribution is -2.17. The Bertz CT molecular complexity index is 720. The van der Waals surface area contributed by atoms with E-state index < -0.39 is 11.7 Å². The Hall–Kier alpha value is -1.23. The van der Waals surface area contributed by atoms with E-state index >= 15 is 0 Å². The third-order valence-corrected chi connectivity index (χ3v) is 3.96. The van der Waals surface area contributed by atoms with Crippen molar-refractivity contribution in [3.63, 3.8) is 0 Å². The zero-order valence-corrected chi connectivity index (χ0v) is 14.8. The summed E-state index contributed by atoms with van der Waals surface area (Å²) in [4.78, 5) is 11.7. The second-order valence-electron chi connectivity index (χ2n) is 4.03. The van der Waals surface area contributed by atoms with Gasteiger partial charge in [-0.05, 0) is 75.5 Å². The number of carbonyl (C=O) groups excluding carboxylic acids is 1. The van der Waals surface area contributed by atoms with E-state index in [2.05, 4.69) is 33.1 Å². The molecule has 0 saturated carbocycles. The van der Waals surface area contributed by atoms with E-state index in [1.165, 1.54) is 24.4 Å². The van der Waals surface area contributed by atoms with Gasteiger partial charge in [0.2, 0.25) is 0 Å². The van der Waals surface area contributed by atoms with Crippen LogP contribution in [0.2, 0.25) is 0 Å². The summed E-state index contributed by atoms with van der Waals surface area (Å²) < 4.78 is 14.6. The van der Waals surface area contributed by atoms with Gasteiger partial charge in [0.25, 0.3) is 5.91 Å².